The lowest BCUT2D eigenvalue weighted by Gasteiger charge is -2.15. The van der Waals surface area contributed by atoms with Crippen LogP contribution < -0.4 is 5.32 Å². The van der Waals surface area contributed by atoms with Crippen LogP contribution in [0.15, 0.2) is 22.8 Å². The topological polar surface area (TPSA) is 42.0 Å². The Morgan fingerprint density at radius 2 is 2.28 bits per heavy atom. The average molecular weight is 378 g/mol. The summed E-state index contributed by atoms with van der Waals surface area (Å²) < 4.78 is 0.732. The van der Waals surface area contributed by atoms with Gasteiger partial charge in [-0.2, -0.15) is 0 Å². The first-order valence-electron chi connectivity index (χ1n) is 6.13. The van der Waals surface area contributed by atoms with Gasteiger partial charge in [-0.1, -0.05) is 29.3 Å². The maximum absolute atomic E-state index is 12.0. The first kappa shape index (κ1) is 15.6. The minimum absolute atomic E-state index is 0.113. The summed E-state index contributed by atoms with van der Waals surface area (Å²) >= 11 is 6.79. The van der Waals surface area contributed by atoms with E-state index in [-0.39, 0.29) is 5.91 Å². The summed E-state index contributed by atoms with van der Waals surface area (Å²) in [6, 6.07) is 3.62. The van der Waals surface area contributed by atoms with Gasteiger partial charge in [-0.25, -0.2) is 4.98 Å². The zero-order valence-corrected chi connectivity index (χ0v) is 13.6. The predicted molar refractivity (Wildman–Crippen MR) is 81.1 cm³/mol. The Balaban J connectivity index is 2.52. The highest BCUT2D eigenvalue weighted by Crippen LogP contribution is 2.14. The third kappa shape index (κ3) is 5.06. The lowest BCUT2D eigenvalue weighted by atomic mass is 10.0. The number of nitrogens with zero attached hydrogens (tertiary/aromatic N) is 1. The van der Waals surface area contributed by atoms with Crippen LogP contribution in [-0.2, 0) is 0 Å². The standard InChI is InChI=1S/C13H18Br2N2O/c1-2-4-10(6-7-14)9-17-13(18)12-11(15)5-3-8-16-12/h3,5,8,10H,2,4,6-7,9H2,1H3,(H,17,18). The maximum atomic E-state index is 12.0. The monoisotopic (exact) mass is 376 g/mol. The van der Waals surface area contributed by atoms with Crippen molar-refractivity contribution in [3.05, 3.63) is 28.5 Å². The Hall–Kier alpha value is -0.420. The molecule has 0 saturated carbocycles. The zero-order valence-electron chi connectivity index (χ0n) is 10.5. The molecule has 0 aliphatic heterocycles. The molecular formula is C13H18Br2N2O. The number of rotatable bonds is 7. The molecule has 1 unspecified atom stereocenters. The van der Waals surface area contributed by atoms with Crippen molar-refractivity contribution in [1.82, 2.24) is 10.3 Å². The van der Waals surface area contributed by atoms with Crippen LogP contribution in [0.5, 0.6) is 0 Å². The number of nitrogens with one attached hydrogen (secondary N) is 1. The predicted octanol–water partition coefficient (Wildman–Crippen LogP) is 3.78. The molecule has 0 spiro atoms. The highest BCUT2D eigenvalue weighted by molar-refractivity contribution is 9.10. The van der Waals surface area contributed by atoms with Crippen molar-refractivity contribution in [2.24, 2.45) is 5.92 Å². The fourth-order valence-electron chi connectivity index (χ4n) is 1.78. The van der Waals surface area contributed by atoms with Crippen molar-refractivity contribution >= 4 is 37.8 Å². The summed E-state index contributed by atoms with van der Waals surface area (Å²) in [5, 5.41) is 3.93. The van der Waals surface area contributed by atoms with E-state index in [1.165, 1.54) is 0 Å². The number of carbonyl (C=O) groups excluding carboxylic acids is 1. The molecule has 5 heteroatoms. The number of hydrogen-bond donors (Lipinski definition) is 1. The lowest BCUT2D eigenvalue weighted by Crippen LogP contribution is -2.30. The van der Waals surface area contributed by atoms with Gasteiger partial charge in [-0.05, 0) is 46.8 Å². The third-order valence-electron chi connectivity index (χ3n) is 2.74. The summed E-state index contributed by atoms with van der Waals surface area (Å²) in [5.74, 6) is 0.416. The minimum atomic E-state index is -0.113. The SMILES string of the molecule is CCCC(CCBr)CNC(=O)c1ncccc1Br. The van der Waals surface area contributed by atoms with E-state index in [1.807, 2.05) is 6.07 Å². The van der Waals surface area contributed by atoms with Crippen LogP contribution in [0, 0.1) is 5.92 Å². The van der Waals surface area contributed by atoms with E-state index in [4.69, 9.17) is 0 Å². The Morgan fingerprint density at radius 1 is 1.50 bits per heavy atom. The number of hydrogen-bond acceptors (Lipinski definition) is 2. The van der Waals surface area contributed by atoms with Crippen molar-refractivity contribution in [3.8, 4) is 0 Å². The van der Waals surface area contributed by atoms with Gasteiger partial charge in [0.05, 0.1) is 0 Å². The summed E-state index contributed by atoms with van der Waals surface area (Å²) in [5.41, 5.74) is 0.451. The number of aromatic nitrogens is 1. The van der Waals surface area contributed by atoms with E-state index < -0.39 is 0 Å². The van der Waals surface area contributed by atoms with Crippen LogP contribution in [0.25, 0.3) is 0 Å². The molecule has 0 aliphatic carbocycles. The molecular weight excluding hydrogens is 360 g/mol. The minimum Gasteiger partial charge on any atom is -0.350 e. The average Bonchev–Trinajstić information content (AvgIpc) is 2.36. The van der Waals surface area contributed by atoms with Gasteiger partial charge in [0.2, 0.25) is 0 Å². The Labute approximate surface area is 125 Å². The van der Waals surface area contributed by atoms with Crippen LogP contribution in [0.3, 0.4) is 0 Å². The van der Waals surface area contributed by atoms with Gasteiger partial charge >= 0.3 is 0 Å². The Bertz CT molecular complexity index is 379. The summed E-state index contributed by atoms with van der Waals surface area (Å²) in [6.45, 7) is 2.87. The Morgan fingerprint density at radius 3 is 2.89 bits per heavy atom. The van der Waals surface area contributed by atoms with Crippen LogP contribution in [0.4, 0.5) is 0 Å². The molecule has 0 bridgehead atoms. The molecule has 1 rings (SSSR count). The van der Waals surface area contributed by atoms with E-state index in [9.17, 15) is 4.79 Å². The fraction of sp³-hybridized carbons (Fsp3) is 0.538. The molecule has 0 fully saturated rings. The second-order valence-corrected chi connectivity index (χ2v) is 5.82. The second kappa shape index (κ2) is 8.64. The van der Waals surface area contributed by atoms with Gasteiger partial charge in [0.15, 0.2) is 0 Å². The van der Waals surface area contributed by atoms with E-state index >= 15 is 0 Å². The van der Waals surface area contributed by atoms with E-state index in [2.05, 4.69) is 49.1 Å². The number of alkyl halides is 1. The van der Waals surface area contributed by atoms with Gasteiger partial charge in [-0.15, -0.1) is 0 Å². The summed E-state index contributed by atoms with van der Waals surface area (Å²) in [6.07, 6.45) is 4.98. The first-order valence-corrected chi connectivity index (χ1v) is 8.05. The molecule has 1 amide bonds. The largest absolute Gasteiger partial charge is 0.350 e. The quantitative estimate of drug-likeness (QED) is 0.734. The molecule has 0 radical (unpaired) electrons. The van der Waals surface area contributed by atoms with Crippen LogP contribution in [0.2, 0.25) is 0 Å². The molecule has 1 heterocycles. The molecule has 0 aromatic carbocycles. The van der Waals surface area contributed by atoms with Crippen molar-refractivity contribution in [2.45, 2.75) is 26.2 Å². The molecule has 0 aliphatic rings. The molecule has 1 aromatic heterocycles. The third-order valence-corrected chi connectivity index (χ3v) is 3.84. The summed E-state index contributed by atoms with van der Waals surface area (Å²) in [7, 11) is 0. The van der Waals surface area contributed by atoms with E-state index in [0.29, 0.717) is 18.2 Å². The van der Waals surface area contributed by atoms with Crippen molar-refractivity contribution in [3.63, 3.8) is 0 Å². The van der Waals surface area contributed by atoms with Gasteiger partial charge in [0.25, 0.3) is 5.91 Å². The van der Waals surface area contributed by atoms with Crippen LogP contribution in [0.1, 0.15) is 36.7 Å². The molecule has 0 saturated heterocycles. The zero-order chi connectivity index (χ0) is 13.4. The van der Waals surface area contributed by atoms with Gasteiger partial charge in [0.1, 0.15) is 5.69 Å². The number of amides is 1. The maximum Gasteiger partial charge on any atom is 0.271 e. The van der Waals surface area contributed by atoms with Gasteiger partial charge < -0.3 is 5.32 Å². The number of pyridine rings is 1. The molecule has 18 heavy (non-hydrogen) atoms. The lowest BCUT2D eigenvalue weighted by molar-refractivity contribution is 0.0940. The number of halogens is 2. The normalized spacial score (nSPS) is 12.2. The van der Waals surface area contributed by atoms with E-state index in [1.54, 1.807) is 12.3 Å². The highest BCUT2D eigenvalue weighted by Gasteiger charge is 2.13. The van der Waals surface area contributed by atoms with Crippen molar-refractivity contribution < 1.29 is 4.79 Å². The molecule has 3 nitrogen and oxygen atoms in total. The molecule has 1 atom stereocenters. The van der Waals surface area contributed by atoms with E-state index in [0.717, 1.165) is 29.1 Å². The van der Waals surface area contributed by atoms with Crippen molar-refractivity contribution in [2.75, 3.05) is 11.9 Å². The highest BCUT2D eigenvalue weighted by atomic mass is 79.9. The molecule has 1 aromatic rings. The van der Waals surface area contributed by atoms with Crippen molar-refractivity contribution in [1.29, 1.82) is 0 Å². The second-order valence-electron chi connectivity index (χ2n) is 4.18. The van der Waals surface area contributed by atoms with Crippen LogP contribution in [-0.4, -0.2) is 22.8 Å². The Kier molecular flexibility index (Phi) is 7.51. The van der Waals surface area contributed by atoms with Gasteiger partial charge in [0, 0.05) is 22.5 Å². The smallest absolute Gasteiger partial charge is 0.271 e. The summed E-state index contributed by atoms with van der Waals surface area (Å²) in [4.78, 5) is 16.0. The molecule has 1 N–H and O–H groups in total. The number of carbonyl (C=O) groups is 1. The fourth-order valence-corrected chi connectivity index (χ4v) is 2.87. The molecule has 100 valence electrons. The van der Waals surface area contributed by atoms with Crippen LogP contribution >= 0.6 is 31.9 Å². The van der Waals surface area contributed by atoms with Gasteiger partial charge in [-0.3, -0.25) is 4.79 Å². The first-order chi connectivity index (χ1) is 8.69.